The summed E-state index contributed by atoms with van der Waals surface area (Å²) < 4.78 is 5.40. The number of hydrogen-bond acceptors (Lipinski definition) is 3. The van der Waals surface area contributed by atoms with E-state index in [0.717, 1.165) is 19.1 Å². The van der Waals surface area contributed by atoms with Crippen molar-refractivity contribution >= 4 is 7.98 Å². The fraction of sp³-hybridized carbons (Fsp3) is 1.00. The van der Waals surface area contributed by atoms with Gasteiger partial charge < -0.3 is 14.4 Å². The molecule has 0 aromatic heterocycles. The first-order valence-corrected chi connectivity index (χ1v) is 6.03. The Bertz CT molecular complexity index is 187. The summed E-state index contributed by atoms with van der Waals surface area (Å²) in [6.07, 6.45) is 3.66. The highest BCUT2D eigenvalue weighted by atomic mass is 16.5. The topological polar surface area (TPSA) is 15.7 Å². The molecule has 0 aromatic carbocycles. The lowest BCUT2D eigenvalue weighted by molar-refractivity contribution is 0.136. The van der Waals surface area contributed by atoms with Gasteiger partial charge >= 0.3 is 0 Å². The lowest BCUT2D eigenvalue weighted by Crippen LogP contribution is -2.44. The van der Waals surface area contributed by atoms with E-state index in [2.05, 4.69) is 4.90 Å². The summed E-state index contributed by atoms with van der Waals surface area (Å²) in [5.74, 6) is 0.775. The standard InChI is InChI=1S/C11H21BN2O/c1-13(12)11-2-5-14(6-3-11)8-10-4-7-15-9-10/h10-11H,2-9H2,1H3. The quantitative estimate of drug-likeness (QED) is 0.628. The van der Waals surface area contributed by atoms with Crippen LogP contribution in [0, 0.1) is 5.92 Å². The first kappa shape index (κ1) is 11.4. The summed E-state index contributed by atoms with van der Waals surface area (Å²) in [5, 5.41) is 0. The number of hydrogen-bond donors (Lipinski definition) is 0. The van der Waals surface area contributed by atoms with Crippen LogP contribution in [-0.4, -0.2) is 63.6 Å². The molecule has 1 atom stereocenters. The van der Waals surface area contributed by atoms with E-state index in [1.165, 1.54) is 38.9 Å². The van der Waals surface area contributed by atoms with E-state index < -0.39 is 0 Å². The summed E-state index contributed by atoms with van der Waals surface area (Å²) in [7, 11) is 7.75. The van der Waals surface area contributed by atoms with Crippen LogP contribution in [0.2, 0.25) is 0 Å². The molecule has 2 heterocycles. The molecule has 1 unspecified atom stereocenters. The molecule has 0 aliphatic carbocycles. The Balaban J connectivity index is 1.68. The van der Waals surface area contributed by atoms with Crippen LogP contribution in [-0.2, 0) is 4.74 Å². The fourth-order valence-corrected chi connectivity index (χ4v) is 2.60. The van der Waals surface area contributed by atoms with E-state index >= 15 is 0 Å². The molecular weight excluding hydrogens is 187 g/mol. The second kappa shape index (κ2) is 5.33. The molecule has 84 valence electrons. The van der Waals surface area contributed by atoms with Crippen LogP contribution < -0.4 is 0 Å². The van der Waals surface area contributed by atoms with Gasteiger partial charge in [-0.05, 0) is 45.3 Å². The smallest absolute Gasteiger partial charge is 0.182 e. The Hall–Kier alpha value is -0.0551. The van der Waals surface area contributed by atoms with Gasteiger partial charge in [0, 0.05) is 19.2 Å². The number of piperidine rings is 1. The first-order valence-electron chi connectivity index (χ1n) is 6.03. The average molecular weight is 208 g/mol. The van der Waals surface area contributed by atoms with Crippen LogP contribution in [0.5, 0.6) is 0 Å². The van der Waals surface area contributed by atoms with Crippen molar-refractivity contribution in [2.24, 2.45) is 5.92 Å². The van der Waals surface area contributed by atoms with Crippen molar-refractivity contribution in [1.29, 1.82) is 0 Å². The van der Waals surface area contributed by atoms with Crippen LogP contribution in [0.25, 0.3) is 0 Å². The Morgan fingerprint density at radius 2 is 2.07 bits per heavy atom. The molecule has 2 rings (SSSR count). The molecule has 0 N–H and O–H groups in total. The maximum absolute atomic E-state index is 5.77. The molecule has 2 radical (unpaired) electrons. The predicted molar refractivity (Wildman–Crippen MR) is 61.9 cm³/mol. The summed E-state index contributed by atoms with van der Waals surface area (Å²) in [6, 6.07) is 0.584. The van der Waals surface area contributed by atoms with Crippen molar-refractivity contribution in [1.82, 2.24) is 9.71 Å². The van der Waals surface area contributed by atoms with E-state index in [0.29, 0.717) is 6.04 Å². The predicted octanol–water partition coefficient (Wildman–Crippen LogP) is 0.503. The van der Waals surface area contributed by atoms with E-state index in [-0.39, 0.29) is 0 Å². The first-order chi connectivity index (χ1) is 7.25. The highest BCUT2D eigenvalue weighted by Crippen LogP contribution is 2.18. The molecule has 0 bridgehead atoms. The Labute approximate surface area is 94.2 Å². The molecule has 2 fully saturated rings. The second-order valence-corrected chi connectivity index (χ2v) is 4.93. The van der Waals surface area contributed by atoms with Crippen molar-refractivity contribution in [3.63, 3.8) is 0 Å². The Morgan fingerprint density at radius 3 is 2.60 bits per heavy atom. The molecule has 0 saturated carbocycles. The minimum Gasteiger partial charge on any atom is -0.381 e. The lowest BCUT2D eigenvalue weighted by Gasteiger charge is -2.36. The number of likely N-dealkylation sites (tertiary alicyclic amines) is 1. The average Bonchev–Trinajstić information content (AvgIpc) is 2.71. The van der Waals surface area contributed by atoms with Crippen molar-refractivity contribution in [3.8, 4) is 0 Å². The highest BCUT2D eigenvalue weighted by molar-refractivity contribution is 6.04. The summed E-state index contributed by atoms with van der Waals surface area (Å²) in [4.78, 5) is 4.44. The third-order valence-electron chi connectivity index (χ3n) is 3.67. The van der Waals surface area contributed by atoms with Gasteiger partial charge in [0.25, 0.3) is 0 Å². The monoisotopic (exact) mass is 208 g/mol. The van der Waals surface area contributed by atoms with Gasteiger partial charge in [0.15, 0.2) is 7.98 Å². The molecule has 15 heavy (non-hydrogen) atoms. The van der Waals surface area contributed by atoms with Gasteiger partial charge in [-0.3, -0.25) is 0 Å². The van der Waals surface area contributed by atoms with Gasteiger partial charge in [-0.2, -0.15) is 0 Å². The molecule has 0 spiro atoms. The normalized spacial score (nSPS) is 30.1. The maximum Gasteiger partial charge on any atom is 0.182 e. The molecule has 0 aromatic rings. The highest BCUT2D eigenvalue weighted by Gasteiger charge is 2.24. The second-order valence-electron chi connectivity index (χ2n) is 4.93. The minimum atomic E-state index is 0.584. The van der Waals surface area contributed by atoms with Gasteiger partial charge in [0.05, 0.1) is 6.61 Å². The van der Waals surface area contributed by atoms with E-state index in [1.54, 1.807) is 0 Å². The summed E-state index contributed by atoms with van der Waals surface area (Å²) >= 11 is 0. The van der Waals surface area contributed by atoms with Crippen LogP contribution in [0.3, 0.4) is 0 Å². The Morgan fingerprint density at radius 1 is 1.33 bits per heavy atom. The largest absolute Gasteiger partial charge is 0.381 e. The molecule has 2 aliphatic heterocycles. The SMILES string of the molecule is [B]N(C)C1CCN(CC2CCOC2)CC1. The lowest BCUT2D eigenvalue weighted by atomic mass is 9.99. The van der Waals surface area contributed by atoms with Crippen molar-refractivity contribution in [2.45, 2.75) is 25.3 Å². The minimum absolute atomic E-state index is 0.584. The molecule has 2 saturated heterocycles. The van der Waals surface area contributed by atoms with E-state index in [4.69, 9.17) is 12.7 Å². The molecule has 3 nitrogen and oxygen atoms in total. The van der Waals surface area contributed by atoms with Gasteiger partial charge in [0.1, 0.15) is 0 Å². The van der Waals surface area contributed by atoms with Gasteiger partial charge in [-0.15, -0.1) is 0 Å². The fourth-order valence-electron chi connectivity index (χ4n) is 2.60. The van der Waals surface area contributed by atoms with Gasteiger partial charge in [-0.1, -0.05) is 0 Å². The zero-order valence-electron chi connectivity index (χ0n) is 9.69. The molecular formula is C11H21BN2O. The zero-order chi connectivity index (χ0) is 10.7. The number of nitrogens with zero attached hydrogens (tertiary/aromatic N) is 2. The van der Waals surface area contributed by atoms with Crippen LogP contribution >= 0.6 is 0 Å². The van der Waals surface area contributed by atoms with Crippen molar-refractivity contribution in [2.75, 3.05) is 39.9 Å². The molecule has 2 aliphatic rings. The molecule has 0 amide bonds. The molecule has 4 heteroatoms. The van der Waals surface area contributed by atoms with Crippen LogP contribution in [0.4, 0.5) is 0 Å². The van der Waals surface area contributed by atoms with Crippen LogP contribution in [0.1, 0.15) is 19.3 Å². The van der Waals surface area contributed by atoms with E-state index in [1.807, 2.05) is 11.9 Å². The van der Waals surface area contributed by atoms with Gasteiger partial charge in [0.2, 0.25) is 0 Å². The third kappa shape index (κ3) is 3.20. The number of ether oxygens (including phenoxy) is 1. The van der Waals surface area contributed by atoms with Crippen LogP contribution in [0.15, 0.2) is 0 Å². The van der Waals surface area contributed by atoms with Gasteiger partial charge in [-0.25, -0.2) is 0 Å². The third-order valence-corrected chi connectivity index (χ3v) is 3.67. The maximum atomic E-state index is 5.77. The zero-order valence-corrected chi connectivity index (χ0v) is 9.69. The summed E-state index contributed by atoms with van der Waals surface area (Å²) in [6.45, 7) is 5.55. The van der Waals surface area contributed by atoms with Crippen molar-refractivity contribution in [3.05, 3.63) is 0 Å². The summed E-state index contributed by atoms with van der Waals surface area (Å²) in [5.41, 5.74) is 0. The van der Waals surface area contributed by atoms with E-state index in [9.17, 15) is 0 Å². The number of rotatable bonds is 3. The Kier molecular flexibility index (Phi) is 4.06. The van der Waals surface area contributed by atoms with Crippen molar-refractivity contribution < 1.29 is 4.74 Å².